The molecule has 4 rings (SSSR count). The van der Waals surface area contributed by atoms with Crippen LogP contribution in [0, 0.1) is 17.3 Å². The lowest BCUT2D eigenvalue weighted by atomic mass is 9.76. The number of likely N-dealkylation sites (tertiary alicyclic amines) is 2. The molecule has 142 valence electrons. The number of hydrogen-bond acceptors (Lipinski definition) is 4. The van der Waals surface area contributed by atoms with Gasteiger partial charge in [-0.3, -0.25) is 9.69 Å². The van der Waals surface area contributed by atoms with E-state index in [0.29, 0.717) is 17.4 Å². The number of carbonyl (C=O) groups is 1. The summed E-state index contributed by atoms with van der Waals surface area (Å²) in [5, 5.41) is 0. The molecular formula is C20H34N2O3. The maximum Gasteiger partial charge on any atom is 0.225 e. The average molecular weight is 351 g/mol. The molecule has 1 atom stereocenters. The number of hydrogen-bond donors (Lipinski definition) is 0. The molecule has 0 unspecified atom stereocenters. The Labute approximate surface area is 152 Å². The zero-order chi connectivity index (χ0) is 17.3. The summed E-state index contributed by atoms with van der Waals surface area (Å²) in [6.45, 7) is 6.75. The zero-order valence-electron chi connectivity index (χ0n) is 15.8. The van der Waals surface area contributed by atoms with E-state index in [2.05, 4.69) is 9.80 Å². The smallest absolute Gasteiger partial charge is 0.225 e. The molecule has 5 heteroatoms. The first-order chi connectivity index (χ1) is 12.2. The van der Waals surface area contributed by atoms with E-state index >= 15 is 0 Å². The maximum atomic E-state index is 12.8. The molecule has 0 aromatic heterocycles. The number of piperidine rings is 1. The Hall–Kier alpha value is -0.650. The Morgan fingerprint density at radius 3 is 2.52 bits per heavy atom. The van der Waals surface area contributed by atoms with Gasteiger partial charge in [0, 0.05) is 58.5 Å². The molecule has 0 N–H and O–H groups in total. The van der Waals surface area contributed by atoms with E-state index in [1.807, 2.05) is 7.11 Å². The van der Waals surface area contributed by atoms with Gasteiger partial charge < -0.3 is 14.4 Å². The van der Waals surface area contributed by atoms with Gasteiger partial charge in [0.1, 0.15) is 0 Å². The molecule has 4 aliphatic rings. The van der Waals surface area contributed by atoms with Gasteiger partial charge in [-0.2, -0.15) is 0 Å². The Balaban J connectivity index is 1.33. The van der Waals surface area contributed by atoms with Gasteiger partial charge in [0.2, 0.25) is 5.91 Å². The van der Waals surface area contributed by atoms with Crippen LogP contribution in [0.2, 0.25) is 0 Å². The number of rotatable bonds is 5. The average Bonchev–Trinajstić information content (AvgIpc) is 3.40. The first-order valence-electron chi connectivity index (χ1n) is 10.3. The van der Waals surface area contributed by atoms with Crippen LogP contribution in [0.25, 0.3) is 0 Å². The van der Waals surface area contributed by atoms with E-state index in [0.717, 1.165) is 51.7 Å². The second kappa shape index (κ2) is 7.53. The fourth-order valence-electron chi connectivity index (χ4n) is 5.22. The Morgan fingerprint density at radius 1 is 1.16 bits per heavy atom. The highest BCUT2D eigenvalue weighted by atomic mass is 16.5. The van der Waals surface area contributed by atoms with Crippen LogP contribution in [0.3, 0.4) is 0 Å². The molecule has 1 spiro atoms. The summed E-state index contributed by atoms with van der Waals surface area (Å²) in [4.78, 5) is 17.6. The summed E-state index contributed by atoms with van der Waals surface area (Å²) in [6.07, 6.45) is 8.24. The highest BCUT2D eigenvalue weighted by Gasteiger charge is 2.47. The van der Waals surface area contributed by atoms with Crippen LogP contribution in [0.4, 0.5) is 0 Å². The van der Waals surface area contributed by atoms with Gasteiger partial charge in [0.25, 0.3) is 0 Å². The van der Waals surface area contributed by atoms with Crippen LogP contribution in [0.5, 0.6) is 0 Å². The maximum absolute atomic E-state index is 12.8. The van der Waals surface area contributed by atoms with Gasteiger partial charge in [-0.15, -0.1) is 0 Å². The Bertz CT molecular complexity index is 466. The van der Waals surface area contributed by atoms with Gasteiger partial charge in [0.05, 0.1) is 6.61 Å². The van der Waals surface area contributed by atoms with Crippen molar-refractivity contribution < 1.29 is 14.3 Å². The normalized spacial score (nSPS) is 30.9. The highest BCUT2D eigenvalue weighted by Crippen LogP contribution is 2.45. The van der Waals surface area contributed by atoms with Gasteiger partial charge in [-0.1, -0.05) is 0 Å². The van der Waals surface area contributed by atoms with Crippen LogP contribution >= 0.6 is 0 Å². The zero-order valence-corrected chi connectivity index (χ0v) is 15.8. The summed E-state index contributed by atoms with van der Waals surface area (Å²) >= 11 is 0. The molecule has 25 heavy (non-hydrogen) atoms. The van der Waals surface area contributed by atoms with Crippen molar-refractivity contribution in [2.75, 3.05) is 53.1 Å². The number of methoxy groups -OCH3 is 1. The second-order valence-corrected chi connectivity index (χ2v) is 8.90. The molecule has 1 amide bonds. The molecule has 3 saturated heterocycles. The van der Waals surface area contributed by atoms with Gasteiger partial charge in [-0.05, 0) is 56.3 Å². The van der Waals surface area contributed by atoms with E-state index in [9.17, 15) is 4.79 Å². The van der Waals surface area contributed by atoms with Gasteiger partial charge in [-0.25, -0.2) is 0 Å². The van der Waals surface area contributed by atoms with Gasteiger partial charge in [0.15, 0.2) is 0 Å². The van der Waals surface area contributed by atoms with E-state index < -0.39 is 0 Å². The van der Waals surface area contributed by atoms with Crippen LogP contribution in [-0.4, -0.2) is 74.9 Å². The van der Waals surface area contributed by atoms with Crippen molar-refractivity contribution in [1.29, 1.82) is 0 Å². The van der Waals surface area contributed by atoms with Crippen molar-refractivity contribution in [3.05, 3.63) is 0 Å². The minimum Gasteiger partial charge on any atom is -0.383 e. The first kappa shape index (κ1) is 17.7. The molecule has 4 fully saturated rings. The number of carbonyl (C=O) groups excluding carboxylic acids is 1. The summed E-state index contributed by atoms with van der Waals surface area (Å²) in [5.41, 5.74) is 0.421. The van der Waals surface area contributed by atoms with Crippen molar-refractivity contribution in [3.8, 4) is 0 Å². The van der Waals surface area contributed by atoms with Crippen molar-refractivity contribution >= 4 is 5.91 Å². The number of nitrogens with zero attached hydrogens (tertiary/aromatic N) is 2. The molecule has 3 aliphatic heterocycles. The van der Waals surface area contributed by atoms with E-state index in [1.165, 1.54) is 45.2 Å². The van der Waals surface area contributed by atoms with Crippen LogP contribution in [0.1, 0.15) is 44.9 Å². The van der Waals surface area contributed by atoms with Crippen molar-refractivity contribution in [2.24, 2.45) is 17.3 Å². The summed E-state index contributed by atoms with van der Waals surface area (Å²) in [5.74, 6) is 1.53. The standard InChI is InChI=1S/C20H34N2O3/c1-24-14-18-12-20(15-22(18)13-16-2-3-16)6-8-21(9-7-20)19(23)17-4-10-25-11-5-17/h16-18H,2-15H2,1H3/t18-/m1/s1. The summed E-state index contributed by atoms with van der Waals surface area (Å²) < 4.78 is 10.9. The minimum absolute atomic E-state index is 0.207. The van der Waals surface area contributed by atoms with Crippen LogP contribution in [-0.2, 0) is 14.3 Å². The van der Waals surface area contributed by atoms with Gasteiger partial charge >= 0.3 is 0 Å². The molecular weight excluding hydrogens is 316 g/mol. The van der Waals surface area contributed by atoms with Crippen molar-refractivity contribution in [1.82, 2.24) is 9.80 Å². The summed E-state index contributed by atoms with van der Waals surface area (Å²) in [7, 11) is 1.83. The van der Waals surface area contributed by atoms with E-state index in [-0.39, 0.29) is 5.92 Å². The predicted molar refractivity (Wildman–Crippen MR) is 96.4 cm³/mol. The second-order valence-electron chi connectivity index (χ2n) is 8.90. The quantitative estimate of drug-likeness (QED) is 0.762. The molecule has 0 aromatic rings. The third-order valence-electron chi connectivity index (χ3n) is 6.98. The molecule has 3 heterocycles. The van der Waals surface area contributed by atoms with Crippen molar-refractivity contribution in [3.63, 3.8) is 0 Å². The van der Waals surface area contributed by atoms with E-state index in [4.69, 9.17) is 9.47 Å². The molecule has 1 aliphatic carbocycles. The third kappa shape index (κ3) is 4.04. The predicted octanol–water partition coefficient (Wildman–Crippen LogP) is 2.15. The fraction of sp³-hybridized carbons (Fsp3) is 0.950. The SMILES string of the molecule is COC[C@H]1CC2(CCN(C(=O)C3CCOCC3)CC2)CN1CC1CC1. The van der Waals surface area contributed by atoms with Crippen LogP contribution < -0.4 is 0 Å². The van der Waals surface area contributed by atoms with Crippen molar-refractivity contribution in [2.45, 2.75) is 51.0 Å². The lowest BCUT2D eigenvalue weighted by Gasteiger charge is -2.41. The lowest BCUT2D eigenvalue weighted by Crippen LogP contribution is -2.47. The topological polar surface area (TPSA) is 42.0 Å². The largest absolute Gasteiger partial charge is 0.383 e. The van der Waals surface area contributed by atoms with E-state index in [1.54, 1.807) is 0 Å². The molecule has 0 aromatic carbocycles. The highest BCUT2D eigenvalue weighted by molar-refractivity contribution is 5.79. The molecule has 0 radical (unpaired) electrons. The minimum atomic E-state index is 0.207. The number of amides is 1. The number of ether oxygens (including phenoxy) is 2. The summed E-state index contributed by atoms with van der Waals surface area (Å²) in [6, 6.07) is 0.586. The fourth-order valence-corrected chi connectivity index (χ4v) is 5.22. The molecule has 0 bridgehead atoms. The Kier molecular flexibility index (Phi) is 5.35. The monoisotopic (exact) mass is 350 g/mol. The lowest BCUT2D eigenvalue weighted by molar-refractivity contribution is -0.140. The molecule has 5 nitrogen and oxygen atoms in total. The third-order valence-corrected chi connectivity index (χ3v) is 6.98. The van der Waals surface area contributed by atoms with Crippen LogP contribution in [0.15, 0.2) is 0 Å². The molecule has 1 saturated carbocycles. The Morgan fingerprint density at radius 2 is 1.88 bits per heavy atom. The first-order valence-corrected chi connectivity index (χ1v) is 10.3.